The first-order valence-electron chi connectivity index (χ1n) is 12.7. The quantitative estimate of drug-likeness (QED) is 0.288. The molecule has 1 nitrogen and oxygen atoms in total. The maximum atomic E-state index is 2.69. The number of benzene rings is 3. The third kappa shape index (κ3) is 2.51. The second-order valence-corrected chi connectivity index (χ2v) is 10.5. The van der Waals surface area contributed by atoms with Crippen molar-refractivity contribution in [3.05, 3.63) is 89.5 Å². The van der Waals surface area contributed by atoms with Crippen molar-refractivity contribution in [3.63, 3.8) is 0 Å². The topological polar surface area (TPSA) is 3.88 Å². The van der Waals surface area contributed by atoms with Crippen LogP contribution in [0.1, 0.15) is 76.6 Å². The van der Waals surface area contributed by atoms with Gasteiger partial charge in [0.1, 0.15) is 0 Å². The fourth-order valence-electron chi connectivity index (χ4n) is 7.26. The number of rotatable bonds is 3. The Kier molecular flexibility index (Phi) is 4.40. The monoisotopic (exact) mass is 432 g/mol. The fraction of sp³-hybridized carbons (Fsp3) is 0.344. The average molecular weight is 433 g/mol. The molecule has 0 fully saturated rings. The molecule has 2 aliphatic rings. The molecule has 6 rings (SSSR count). The highest BCUT2D eigenvalue weighted by Crippen LogP contribution is 2.55. The lowest BCUT2D eigenvalue weighted by Gasteiger charge is -2.42. The van der Waals surface area contributed by atoms with Gasteiger partial charge in [-0.3, -0.25) is 0 Å². The first-order valence-corrected chi connectivity index (χ1v) is 12.7. The van der Waals surface area contributed by atoms with Gasteiger partial charge in [-0.1, -0.05) is 71.0 Å². The van der Waals surface area contributed by atoms with Gasteiger partial charge in [0.15, 0.2) is 6.04 Å². The summed E-state index contributed by atoms with van der Waals surface area (Å²) in [4.78, 5) is 0. The molecule has 3 aromatic carbocycles. The summed E-state index contributed by atoms with van der Waals surface area (Å²) >= 11 is 0. The summed E-state index contributed by atoms with van der Waals surface area (Å²) in [5.74, 6) is 0. The van der Waals surface area contributed by atoms with Crippen LogP contribution in [0.25, 0.3) is 33.3 Å². The number of para-hydroxylation sites is 1. The normalized spacial score (nSPS) is 19.0. The molecule has 0 saturated heterocycles. The molecule has 166 valence electrons. The Morgan fingerprint density at radius 2 is 1.39 bits per heavy atom. The van der Waals surface area contributed by atoms with Gasteiger partial charge in [-0.2, -0.15) is 4.57 Å². The molecule has 0 N–H and O–H groups in total. The van der Waals surface area contributed by atoms with Crippen molar-refractivity contribution in [2.75, 3.05) is 0 Å². The van der Waals surface area contributed by atoms with Crippen molar-refractivity contribution in [1.29, 1.82) is 0 Å². The zero-order chi connectivity index (χ0) is 23.0. The molecule has 1 unspecified atom stereocenters. The molecule has 4 aromatic rings. The lowest BCUT2D eigenvalue weighted by atomic mass is 9.64. The number of aromatic nitrogens is 1. The summed E-state index contributed by atoms with van der Waals surface area (Å²) in [5, 5.41) is 1.33. The van der Waals surface area contributed by atoms with Crippen LogP contribution in [0.3, 0.4) is 0 Å². The lowest BCUT2D eigenvalue weighted by molar-refractivity contribution is -0.701. The molecule has 1 heteroatoms. The van der Waals surface area contributed by atoms with E-state index < -0.39 is 0 Å². The van der Waals surface area contributed by atoms with Gasteiger partial charge in [0.2, 0.25) is 11.2 Å². The van der Waals surface area contributed by atoms with E-state index in [4.69, 9.17) is 0 Å². The Balaban J connectivity index is 1.76. The Morgan fingerprint density at radius 3 is 2.15 bits per heavy atom. The molecule has 0 spiro atoms. The molecule has 0 bridgehead atoms. The van der Waals surface area contributed by atoms with Crippen molar-refractivity contribution in [1.82, 2.24) is 0 Å². The van der Waals surface area contributed by atoms with Gasteiger partial charge < -0.3 is 0 Å². The van der Waals surface area contributed by atoms with Crippen molar-refractivity contribution >= 4 is 10.9 Å². The molecule has 2 heterocycles. The zero-order valence-electron chi connectivity index (χ0n) is 20.6. The smallest absolute Gasteiger partial charge is 0.188 e. The van der Waals surface area contributed by atoms with Crippen LogP contribution >= 0.6 is 0 Å². The second kappa shape index (κ2) is 7.03. The first kappa shape index (κ1) is 20.7. The van der Waals surface area contributed by atoms with E-state index in [1.54, 1.807) is 5.56 Å². The Hall–Kier alpha value is -2.93. The van der Waals surface area contributed by atoms with Gasteiger partial charge in [-0.15, -0.1) is 0 Å². The number of hydrogen-bond acceptors (Lipinski definition) is 0. The van der Waals surface area contributed by atoms with Gasteiger partial charge in [-0.25, -0.2) is 0 Å². The molecule has 1 atom stereocenters. The lowest BCUT2D eigenvalue weighted by Crippen LogP contribution is -2.55. The number of fused-ring (bicyclic) bond motifs is 8. The Bertz CT molecular complexity index is 1400. The molecule has 1 aliphatic heterocycles. The van der Waals surface area contributed by atoms with Gasteiger partial charge in [-0.05, 0) is 64.9 Å². The minimum atomic E-state index is 0.0192. The van der Waals surface area contributed by atoms with Gasteiger partial charge in [0.05, 0.1) is 11.0 Å². The molecular weight excluding hydrogens is 398 g/mol. The van der Waals surface area contributed by atoms with Gasteiger partial charge in [0.25, 0.3) is 0 Å². The van der Waals surface area contributed by atoms with E-state index in [1.807, 2.05) is 0 Å². The molecule has 0 saturated carbocycles. The molecule has 1 aliphatic carbocycles. The van der Waals surface area contributed by atoms with Crippen molar-refractivity contribution < 1.29 is 4.57 Å². The van der Waals surface area contributed by atoms with E-state index >= 15 is 0 Å². The van der Waals surface area contributed by atoms with Crippen molar-refractivity contribution in [2.45, 2.75) is 70.8 Å². The van der Waals surface area contributed by atoms with E-state index in [9.17, 15) is 0 Å². The van der Waals surface area contributed by atoms with Crippen LogP contribution in [0.4, 0.5) is 0 Å². The molecule has 0 radical (unpaired) electrons. The first-order chi connectivity index (χ1) is 16.0. The largest absolute Gasteiger partial charge is 0.213 e. The minimum absolute atomic E-state index is 0.0192. The highest BCUT2D eigenvalue weighted by molar-refractivity contribution is 5.86. The predicted molar refractivity (Wildman–Crippen MR) is 139 cm³/mol. The van der Waals surface area contributed by atoms with Crippen LogP contribution in [0.15, 0.2) is 72.8 Å². The number of nitrogens with zero attached hydrogens (tertiary/aromatic N) is 1. The molecule has 33 heavy (non-hydrogen) atoms. The van der Waals surface area contributed by atoms with E-state index in [-0.39, 0.29) is 10.8 Å². The summed E-state index contributed by atoms with van der Waals surface area (Å²) in [6, 6.07) is 28.2. The van der Waals surface area contributed by atoms with Crippen LogP contribution in [0, 0.1) is 0 Å². The predicted octanol–water partition coefficient (Wildman–Crippen LogP) is 8.12. The standard InChI is InChI=1S/C32H34N/c1-6-30-32(7-2,8-3)27-19-23-22-14-10-11-15-25(22)31(4,5)26(23)20-24(27)29-18-17-21-13-9-12-16-28(21)33(29)30/h9-20,30H,6-8H2,1-5H3/q+1. The Labute approximate surface area is 198 Å². The van der Waals surface area contributed by atoms with Crippen molar-refractivity contribution in [2.24, 2.45) is 0 Å². The van der Waals surface area contributed by atoms with Crippen LogP contribution in [-0.4, -0.2) is 0 Å². The van der Waals surface area contributed by atoms with Gasteiger partial charge in [0, 0.05) is 29.4 Å². The van der Waals surface area contributed by atoms with E-state index in [2.05, 4.69) is 112 Å². The maximum absolute atomic E-state index is 2.69. The zero-order valence-corrected chi connectivity index (χ0v) is 20.6. The summed E-state index contributed by atoms with van der Waals surface area (Å²) in [6.45, 7) is 12.0. The highest BCUT2D eigenvalue weighted by atomic mass is 15.0. The van der Waals surface area contributed by atoms with E-state index in [1.165, 1.54) is 44.4 Å². The highest BCUT2D eigenvalue weighted by Gasteiger charge is 2.51. The summed E-state index contributed by atoms with van der Waals surface area (Å²) in [5.41, 5.74) is 11.7. The molecule has 0 amide bonds. The van der Waals surface area contributed by atoms with Gasteiger partial charge >= 0.3 is 0 Å². The molecular formula is C32H34N+. The van der Waals surface area contributed by atoms with Crippen molar-refractivity contribution in [3.8, 4) is 22.4 Å². The van der Waals surface area contributed by atoms with E-state index in [0.717, 1.165) is 19.3 Å². The summed E-state index contributed by atoms with van der Waals surface area (Å²) < 4.78 is 2.69. The number of pyridine rings is 1. The second-order valence-electron chi connectivity index (χ2n) is 10.5. The van der Waals surface area contributed by atoms with Crippen LogP contribution < -0.4 is 4.57 Å². The third-order valence-electron chi connectivity index (χ3n) is 9.01. The van der Waals surface area contributed by atoms with Crippen LogP contribution in [-0.2, 0) is 10.8 Å². The minimum Gasteiger partial charge on any atom is -0.188 e. The number of hydrogen-bond donors (Lipinski definition) is 0. The van der Waals surface area contributed by atoms with Crippen LogP contribution in [0.5, 0.6) is 0 Å². The maximum Gasteiger partial charge on any atom is 0.213 e. The Morgan fingerprint density at radius 1 is 0.697 bits per heavy atom. The average Bonchev–Trinajstić information content (AvgIpc) is 3.08. The SMILES string of the molecule is CCC1[n+]2c(ccc3ccccc32)-c2cc3c(cc2C1(CC)CC)-c1ccccc1C3(C)C. The third-order valence-corrected chi connectivity index (χ3v) is 9.01. The fourth-order valence-corrected chi connectivity index (χ4v) is 7.26. The van der Waals surface area contributed by atoms with E-state index in [0.29, 0.717) is 6.04 Å². The summed E-state index contributed by atoms with van der Waals surface area (Å²) in [7, 11) is 0. The summed E-state index contributed by atoms with van der Waals surface area (Å²) in [6.07, 6.45) is 3.43. The van der Waals surface area contributed by atoms with Crippen LogP contribution in [0.2, 0.25) is 0 Å². The molecule has 1 aromatic heterocycles.